The van der Waals surface area contributed by atoms with Gasteiger partial charge < -0.3 is 5.73 Å². The van der Waals surface area contributed by atoms with Crippen molar-refractivity contribution < 1.29 is 0 Å². The summed E-state index contributed by atoms with van der Waals surface area (Å²) >= 11 is 3.03. The van der Waals surface area contributed by atoms with Gasteiger partial charge in [0.2, 0.25) is 0 Å². The first-order chi connectivity index (χ1) is 7.77. The molecule has 2 aromatic heterocycles. The predicted octanol–water partition coefficient (Wildman–Crippen LogP) is 2.11. The van der Waals surface area contributed by atoms with Crippen LogP contribution in [0, 0.1) is 0 Å². The minimum absolute atomic E-state index is 0.0399. The van der Waals surface area contributed by atoms with Gasteiger partial charge in [0.05, 0.1) is 5.25 Å². The molecule has 0 aromatic carbocycles. The maximum Gasteiger partial charge on any atom is 0.170 e. The van der Waals surface area contributed by atoms with Crippen molar-refractivity contribution in [1.29, 1.82) is 0 Å². The molecule has 0 bridgehead atoms. The Bertz CT molecular complexity index is 416. The van der Waals surface area contributed by atoms with Gasteiger partial charge in [0.25, 0.3) is 0 Å². The Kier molecular flexibility index (Phi) is 3.87. The van der Waals surface area contributed by atoms with Gasteiger partial charge in [-0.05, 0) is 30.1 Å². The first-order valence-corrected chi connectivity index (χ1v) is 6.51. The number of nitrogens with two attached hydrogens (primary N) is 1. The number of nitrogens with zero attached hydrogens (tertiary/aromatic N) is 3. The Morgan fingerprint density at radius 1 is 1.50 bits per heavy atom. The molecule has 4 nitrogen and oxygen atoms in total. The number of hydrogen-bond acceptors (Lipinski definition) is 6. The van der Waals surface area contributed by atoms with Crippen molar-refractivity contribution in [3.63, 3.8) is 0 Å². The molecule has 2 N–H and O–H groups in total. The fraction of sp³-hybridized carbons (Fsp3) is 0.300. The topological polar surface area (TPSA) is 64.7 Å². The summed E-state index contributed by atoms with van der Waals surface area (Å²) < 4.78 is 4.92. The van der Waals surface area contributed by atoms with Crippen molar-refractivity contribution in [2.75, 3.05) is 0 Å². The van der Waals surface area contributed by atoms with Crippen LogP contribution in [0.5, 0.6) is 0 Å². The van der Waals surface area contributed by atoms with Gasteiger partial charge in [-0.3, -0.25) is 4.98 Å². The molecule has 2 heterocycles. The van der Waals surface area contributed by atoms with Crippen molar-refractivity contribution in [2.24, 2.45) is 5.73 Å². The zero-order valence-corrected chi connectivity index (χ0v) is 10.4. The Morgan fingerprint density at radius 2 is 2.38 bits per heavy atom. The molecule has 0 aliphatic rings. The van der Waals surface area contributed by atoms with Crippen LogP contribution in [0.3, 0.4) is 0 Å². The molecular weight excluding hydrogens is 240 g/mol. The van der Waals surface area contributed by atoms with Crippen LogP contribution in [-0.2, 0) is 0 Å². The maximum absolute atomic E-state index is 5.99. The average Bonchev–Trinajstić information content (AvgIpc) is 2.79. The van der Waals surface area contributed by atoms with E-state index in [0.717, 1.165) is 9.90 Å². The fourth-order valence-corrected chi connectivity index (χ4v) is 3.05. The van der Waals surface area contributed by atoms with Crippen LogP contribution in [-0.4, -0.2) is 20.4 Å². The number of pyridine rings is 1. The van der Waals surface area contributed by atoms with Crippen LogP contribution in [0.25, 0.3) is 0 Å². The van der Waals surface area contributed by atoms with Crippen LogP contribution >= 0.6 is 23.3 Å². The number of thioether (sulfide) groups is 1. The highest BCUT2D eigenvalue weighted by Crippen LogP contribution is 2.36. The van der Waals surface area contributed by atoms with Crippen molar-refractivity contribution in [3.8, 4) is 0 Å². The Hall–Kier alpha value is -0.980. The monoisotopic (exact) mass is 252 g/mol. The van der Waals surface area contributed by atoms with Gasteiger partial charge in [0, 0.05) is 18.4 Å². The second kappa shape index (κ2) is 5.38. The highest BCUT2D eigenvalue weighted by atomic mass is 32.2. The summed E-state index contributed by atoms with van der Waals surface area (Å²) in [7, 11) is 0. The zero-order chi connectivity index (χ0) is 11.4. The highest BCUT2D eigenvalue weighted by molar-refractivity contribution is 8.01. The zero-order valence-electron chi connectivity index (χ0n) is 8.78. The van der Waals surface area contributed by atoms with E-state index in [1.807, 2.05) is 25.3 Å². The smallest absolute Gasteiger partial charge is 0.170 e. The van der Waals surface area contributed by atoms with Crippen molar-refractivity contribution in [2.45, 2.75) is 22.6 Å². The minimum Gasteiger partial charge on any atom is -0.327 e. The van der Waals surface area contributed by atoms with E-state index in [2.05, 4.69) is 14.3 Å². The summed E-state index contributed by atoms with van der Waals surface area (Å²) in [4.78, 5) is 8.27. The molecule has 0 spiro atoms. The lowest BCUT2D eigenvalue weighted by Gasteiger charge is -2.18. The normalized spacial score (nSPS) is 14.6. The summed E-state index contributed by atoms with van der Waals surface area (Å²) in [5.74, 6) is 0. The van der Waals surface area contributed by atoms with E-state index in [1.54, 1.807) is 24.3 Å². The Morgan fingerprint density at radius 3 is 2.94 bits per heavy atom. The van der Waals surface area contributed by atoms with E-state index in [9.17, 15) is 0 Å². The molecule has 0 saturated carbocycles. The number of rotatable bonds is 4. The van der Waals surface area contributed by atoms with Crippen molar-refractivity contribution in [1.82, 2.24) is 14.3 Å². The molecule has 0 saturated heterocycles. The fourth-order valence-electron chi connectivity index (χ4n) is 1.35. The van der Waals surface area contributed by atoms with E-state index >= 15 is 0 Å². The summed E-state index contributed by atoms with van der Waals surface area (Å²) in [6.07, 6.45) is 5.17. The number of hydrogen-bond donors (Lipinski definition) is 1. The summed E-state index contributed by atoms with van der Waals surface area (Å²) in [5.41, 5.74) is 7.12. The van der Waals surface area contributed by atoms with Gasteiger partial charge in [0.1, 0.15) is 6.33 Å². The van der Waals surface area contributed by atoms with Gasteiger partial charge >= 0.3 is 0 Å². The highest BCUT2D eigenvalue weighted by Gasteiger charge is 2.19. The molecule has 2 aromatic rings. The maximum atomic E-state index is 5.99. The minimum atomic E-state index is 0.0399. The molecule has 2 rings (SSSR count). The Balaban J connectivity index is 2.18. The Labute approximate surface area is 102 Å². The third-order valence-electron chi connectivity index (χ3n) is 2.06. The molecule has 2 atom stereocenters. The van der Waals surface area contributed by atoms with E-state index in [-0.39, 0.29) is 11.3 Å². The third kappa shape index (κ3) is 2.78. The van der Waals surface area contributed by atoms with Crippen LogP contribution in [0.1, 0.15) is 17.7 Å². The standard InChI is InChI=1S/C10H12N4S2/c1-7(11)9(8-3-2-4-12-5-8)15-10-13-6-14-16-10/h2-7,9H,11H2,1H3. The largest absolute Gasteiger partial charge is 0.327 e. The molecule has 0 fully saturated rings. The van der Waals surface area contributed by atoms with E-state index < -0.39 is 0 Å². The van der Waals surface area contributed by atoms with E-state index in [0.29, 0.717) is 0 Å². The summed E-state index contributed by atoms with van der Waals surface area (Å²) in [5, 5.41) is 0.168. The van der Waals surface area contributed by atoms with Gasteiger partial charge in [-0.15, -0.1) is 0 Å². The van der Waals surface area contributed by atoms with Gasteiger partial charge in [-0.25, -0.2) is 4.98 Å². The second-order valence-electron chi connectivity index (χ2n) is 3.39. The van der Waals surface area contributed by atoms with Crippen molar-refractivity contribution >= 4 is 23.3 Å². The lowest BCUT2D eigenvalue weighted by Crippen LogP contribution is -2.22. The first-order valence-electron chi connectivity index (χ1n) is 4.86. The van der Waals surface area contributed by atoms with Gasteiger partial charge in [-0.1, -0.05) is 17.8 Å². The van der Waals surface area contributed by atoms with Gasteiger partial charge in [-0.2, -0.15) is 4.37 Å². The molecule has 84 valence electrons. The lowest BCUT2D eigenvalue weighted by atomic mass is 10.1. The van der Waals surface area contributed by atoms with Gasteiger partial charge in [0.15, 0.2) is 4.34 Å². The molecule has 2 unspecified atom stereocenters. The quantitative estimate of drug-likeness (QED) is 0.844. The molecule has 6 heteroatoms. The van der Waals surface area contributed by atoms with Crippen LogP contribution in [0.4, 0.5) is 0 Å². The summed E-state index contributed by atoms with van der Waals surface area (Å²) in [6, 6.07) is 4.00. The van der Waals surface area contributed by atoms with E-state index in [1.165, 1.54) is 11.5 Å². The third-order valence-corrected chi connectivity index (χ3v) is 4.30. The second-order valence-corrected chi connectivity index (χ2v) is 5.56. The van der Waals surface area contributed by atoms with Crippen molar-refractivity contribution in [3.05, 3.63) is 36.4 Å². The van der Waals surface area contributed by atoms with Crippen LogP contribution < -0.4 is 5.73 Å². The molecular formula is C10H12N4S2. The lowest BCUT2D eigenvalue weighted by molar-refractivity contribution is 0.718. The SMILES string of the molecule is CC(N)C(Sc1ncns1)c1cccnc1. The predicted molar refractivity (Wildman–Crippen MR) is 66.4 cm³/mol. The van der Waals surface area contributed by atoms with Crippen LogP contribution in [0.2, 0.25) is 0 Å². The molecule has 0 radical (unpaired) electrons. The first kappa shape index (κ1) is 11.5. The number of aromatic nitrogens is 3. The van der Waals surface area contributed by atoms with E-state index in [4.69, 9.17) is 5.73 Å². The molecule has 0 aliphatic carbocycles. The molecule has 0 amide bonds. The average molecular weight is 252 g/mol. The molecule has 16 heavy (non-hydrogen) atoms. The molecule has 0 aliphatic heterocycles. The van der Waals surface area contributed by atoms with Crippen LogP contribution in [0.15, 0.2) is 35.2 Å². The summed E-state index contributed by atoms with van der Waals surface area (Å²) in [6.45, 7) is 1.99.